The summed E-state index contributed by atoms with van der Waals surface area (Å²) in [6.45, 7) is 12.2. The molecule has 2 N–H and O–H groups in total. The van der Waals surface area contributed by atoms with Gasteiger partial charge < -0.3 is 10.2 Å². The summed E-state index contributed by atoms with van der Waals surface area (Å²) in [5.74, 6) is -0.112. The second-order valence-electron chi connectivity index (χ2n) is 9.57. The molecule has 2 aromatic carbocycles. The lowest BCUT2D eigenvalue weighted by Crippen LogP contribution is -2.54. The van der Waals surface area contributed by atoms with Gasteiger partial charge in [0.15, 0.2) is 0 Å². The lowest BCUT2D eigenvalue weighted by molar-refractivity contribution is -0.123. The molecule has 1 aliphatic heterocycles. The van der Waals surface area contributed by atoms with Crippen LogP contribution in [0.4, 0.5) is 5.69 Å². The van der Waals surface area contributed by atoms with Gasteiger partial charge in [0, 0.05) is 44.5 Å². The molecule has 7 nitrogen and oxygen atoms in total. The molecule has 1 saturated heterocycles. The van der Waals surface area contributed by atoms with E-state index in [9.17, 15) is 13.2 Å². The van der Waals surface area contributed by atoms with Crippen molar-refractivity contribution in [1.82, 2.24) is 14.9 Å². The SMILES string of the molecule is Cc1ccc(S(=O)(=O)N[C@H](CC(C)C)C(=O)NC[C@H](C)N2CCN(c3ccccc3)CC2)cc1. The first kappa shape index (κ1) is 26.2. The number of benzene rings is 2. The highest BCUT2D eigenvalue weighted by Crippen LogP contribution is 2.17. The molecule has 0 radical (unpaired) electrons. The van der Waals surface area contributed by atoms with Crippen molar-refractivity contribution in [1.29, 1.82) is 0 Å². The maximum absolute atomic E-state index is 13.0. The van der Waals surface area contributed by atoms with Gasteiger partial charge >= 0.3 is 0 Å². The highest BCUT2D eigenvalue weighted by atomic mass is 32.2. The molecule has 3 rings (SSSR count). The first-order valence-electron chi connectivity index (χ1n) is 12.1. The number of piperazine rings is 1. The normalized spacial score (nSPS) is 16.9. The Labute approximate surface area is 204 Å². The number of nitrogens with zero attached hydrogens (tertiary/aromatic N) is 2. The van der Waals surface area contributed by atoms with E-state index in [2.05, 4.69) is 51.0 Å². The van der Waals surface area contributed by atoms with Crippen LogP contribution in [0.3, 0.4) is 0 Å². The van der Waals surface area contributed by atoms with Gasteiger partial charge in [0.2, 0.25) is 15.9 Å². The molecule has 186 valence electrons. The van der Waals surface area contributed by atoms with Crippen molar-refractivity contribution in [3.8, 4) is 0 Å². The lowest BCUT2D eigenvalue weighted by Gasteiger charge is -2.39. The summed E-state index contributed by atoms with van der Waals surface area (Å²) in [4.78, 5) is 17.9. The van der Waals surface area contributed by atoms with Crippen LogP contribution in [0.5, 0.6) is 0 Å². The average molecular weight is 487 g/mol. The molecule has 1 aliphatic rings. The van der Waals surface area contributed by atoms with Crippen LogP contribution in [-0.4, -0.2) is 64.0 Å². The van der Waals surface area contributed by atoms with Gasteiger partial charge in [-0.05, 0) is 50.5 Å². The zero-order valence-electron chi connectivity index (χ0n) is 20.7. The predicted octanol–water partition coefficient (Wildman–Crippen LogP) is 3.01. The quantitative estimate of drug-likeness (QED) is 0.540. The number of sulfonamides is 1. The number of aryl methyl sites for hydroxylation is 1. The van der Waals surface area contributed by atoms with Gasteiger partial charge in [0.1, 0.15) is 6.04 Å². The molecule has 2 atom stereocenters. The minimum absolute atomic E-state index is 0.162. The summed E-state index contributed by atoms with van der Waals surface area (Å²) in [7, 11) is -3.79. The number of carbonyl (C=O) groups excluding carboxylic acids is 1. The maximum Gasteiger partial charge on any atom is 0.241 e. The molecule has 0 bridgehead atoms. The van der Waals surface area contributed by atoms with Crippen LogP contribution in [0.15, 0.2) is 59.5 Å². The summed E-state index contributed by atoms with van der Waals surface area (Å²) in [5.41, 5.74) is 2.22. The van der Waals surface area contributed by atoms with Gasteiger partial charge in [-0.3, -0.25) is 9.69 Å². The number of rotatable bonds is 10. The average Bonchev–Trinajstić information content (AvgIpc) is 2.82. The van der Waals surface area contributed by atoms with Crippen molar-refractivity contribution in [3.05, 3.63) is 60.2 Å². The Bertz CT molecular complexity index is 1020. The van der Waals surface area contributed by atoms with E-state index in [4.69, 9.17) is 0 Å². The summed E-state index contributed by atoms with van der Waals surface area (Å²) < 4.78 is 28.4. The van der Waals surface area contributed by atoms with E-state index in [-0.39, 0.29) is 22.8 Å². The fourth-order valence-electron chi connectivity index (χ4n) is 4.21. The van der Waals surface area contributed by atoms with Crippen LogP contribution >= 0.6 is 0 Å². The fourth-order valence-corrected chi connectivity index (χ4v) is 5.42. The number of hydrogen-bond donors (Lipinski definition) is 2. The fraction of sp³-hybridized carbons (Fsp3) is 0.500. The number of anilines is 1. The van der Waals surface area contributed by atoms with E-state index in [0.29, 0.717) is 13.0 Å². The molecule has 2 aromatic rings. The first-order valence-corrected chi connectivity index (χ1v) is 13.5. The Morgan fingerprint density at radius 1 is 0.941 bits per heavy atom. The largest absolute Gasteiger partial charge is 0.369 e. The molecule has 0 aromatic heterocycles. The smallest absolute Gasteiger partial charge is 0.241 e. The zero-order valence-corrected chi connectivity index (χ0v) is 21.5. The first-order chi connectivity index (χ1) is 16.2. The highest BCUT2D eigenvalue weighted by molar-refractivity contribution is 7.89. The van der Waals surface area contributed by atoms with Crippen molar-refractivity contribution in [2.45, 2.75) is 51.1 Å². The highest BCUT2D eigenvalue weighted by Gasteiger charge is 2.28. The van der Waals surface area contributed by atoms with Crippen molar-refractivity contribution in [2.24, 2.45) is 5.92 Å². The number of para-hydroxylation sites is 1. The summed E-state index contributed by atoms with van der Waals surface area (Å²) in [6.07, 6.45) is 0.432. The van der Waals surface area contributed by atoms with E-state index in [1.54, 1.807) is 24.3 Å². The Hall–Kier alpha value is -2.42. The predicted molar refractivity (Wildman–Crippen MR) is 137 cm³/mol. The molecule has 8 heteroatoms. The number of hydrogen-bond acceptors (Lipinski definition) is 5. The Kier molecular flexibility index (Phi) is 9.10. The maximum atomic E-state index is 13.0. The van der Waals surface area contributed by atoms with Crippen LogP contribution < -0.4 is 14.9 Å². The van der Waals surface area contributed by atoms with Crippen molar-refractivity contribution in [3.63, 3.8) is 0 Å². The van der Waals surface area contributed by atoms with Crippen LogP contribution in [0, 0.1) is 12.8 Å². The third kappa shape index (κ3) is 7.29. The molecule has 0 spiro atoms. The third-order valence-electron chi connectivity index (χ3n) is 6.28. The summed E-state index contributed by atoms with van der Waals surface area (Å²) in [6, 6.07) is 16.4. The van der Waals surface area contributed by atoms with Crippen molar-refractivity contribution in [2.75, 3.05) is 37.6 Å². The van der Waals surface area contributed by atoms with E-state index in [1.807, 2.05) is 26.8 Å². The Balaban J connectivity index is 1.54. The minimum atomic E-state index is -3.79. The van der Waals surface area contributed by atoms with E-state index < -0.39 is 16.1 Å². The van der Waals surface area contributed by atoms with Gasteiger partial charge in [-0.1, -0.05) is 49.7 Å². The zero-order chi connectivity index (χ0) is 24.7. The molecule has 0 aliphatic carbocycles. The molecular weight excluding hydrogens is 448 g/mol. The number of amides is 1. The second-order valence-corrected chi connectivity index (χ2v) is 11.3. The Morgan fingerprint density at radius 3 is 2.15 bits per heavy atom. The van der Waals surface area contributed by atoms with Crippen LogP contribution in [-0.2, 0) is 14.8 Å². The topological polar surface area (TPSA) is 81.7 Å². The summed E-state index contributed by atoms with van der Waals surface area (Å²) in [5, 5.41) is 2.99. The van der Waals surface area contributed by atoms with Gasteiger partial charge in [0.05, 0.1) is 4.90 Å². The molecule has 34 heavy (non-hydrogen) atoms. The standard InChI is InChI=1S/C26H38N4O3S/c1-20(2)18-25(28-34(32,33)24-12-10-21(3)11-13-24)26(31)27-19-22(4)29-14-16-30(17-15-29)23-8-6-5-7-9-23/h5-13,20,22,25,28H,14-19H2,1-4H3,(H,27,31)/t22-,25+/m0/s1. The third-order valence-corrected chi connectivity index (χ3v) is 7.77. The van der Waals surface area contributed by atoms with Crippen LogP contribution in [0.1, 0.15) is 32.8 Å². The minimum Gasteiger partial charge on any atom is -0.369 e. The number of nitrogens with one attached hydrogen (secondary N) is 2. The van der Waals surface area contributed by atoms with Crippen molar-refractivity contribution >= 4 is 21.6 Å². The van der Waals surface area contributed by atoms with E-state index >= 15 is 0 Å². The monoisotopic (exact) mass is 486 g/mol. The van der Waals surface area contributed by atoms with Crippen LogP contribution in [0.25, 0.3) is 0 Å². The number of carbonyl (C=O) groups is 1. The van der Waals surface area contributed by atoms with E-state index in [0.717, 1.165) is 31.7 Å². The van der Waals surface area contributed by atoms with Crippen LogP contribution in [0.2, 0.25) is 0 Å². The van der Waals surface area contributed by atoms with Gasteiger partial charge in [-0.25, -0.2) is 8.42 Å². The molecular formula is C26H38N4O3S. The second kappa shape index (κ2) is 11.8. The molecule has 0 unspecified atom stereocenters. The van der Waals surface area contributed by atoms with Crippen molar-refractivity contribution < 1.29 is 13.2 Å². The van der Waals surface area contributed by atoms with Gasteiger partial charge in [-0.15, -0.1) is 0 Å². The van der Waals surface area contributed by atoms with E-state index in [1.165, 1.54) is 5.69 Å². The molecule has 1 fully saturated rings. The molecule has 1 heterocycles. The van der Waals surface area contributed by atoms with Gasteiger partial charge in [-0.2, -0.15) is 4.72 Å². The molecule has 1 amide bonds. The van der Waals surface area contributed by atoms with Gasteiger partial charge in [0.25, 0.3) is 0 Å². The Morgan fingerprint density at radius 2 is 1.56 bits per heavy atom. The lowest BCUT2D eigenvalue weighted by atomic mass is 10.0. The summed E-state index contributed by atoms with van der Waals surface area (Å²) >= 11 is 0. The molecule has 0 saturated carbocycles.